The summed E-state index contributed by atoms with van der Waals surface area (Å²) in [5, 5.41) is 6.02. The number of carbonyl (C=O) groups is 2. The first-order valence-corrected chi connectivity index (χ1v) is 8.20. The van der Waals surface area contributed by atoms with Gasteiger partial charge in [-0.25, -0.2) is 0 Å². The van der Waals surface area contributed by atoms with Crippen molar-refractivity contribution in [3.05, 3.63) is 29.3 Å². The van der Waals surface area contributed by atoms with Crippen LogP contribution in [0.5, 0.6) is 5.75 Å². The third kappa shape index (κ3) is 3.33. The summed E-state index contributed by atoms with van der Waals surface area (Å²) in [7, 11) is 1.66. The van der Waals surface area contributed by atoms with Gasteiger partial charge in [-0.05, 0) is 62.8 Å². The molecule has 2 N–H and O–H groups in total. The standard InChI is InChI=1S/C18H24N2O3/c1-18(2)15(8-9-16(21)20-18)19-17(22)12-6-7-14(23-3)13(10-12)11-4-5-11/h6-7,10-11,15H,4-5,8-9H2,1-3H3,(H,19,22)(H,20,21). The van der Waals surface area contributed by atoms with Crippen LogP contribution in [0, 0.1) is 0 Å². The molecule has 2 fully saturated rings. The van der Waals surface area contributed by atoms with Crippen molar-refractivity contribution in [2.24, 2.45) is 0 Å². The number of amides is 2. The number of carbonyl (C=O) groups excluding carboxylic acids is 2. The lowest BCUT2D eigenvalue weighted by Crippen LogP contribution is -2.62. The van der Waals surface area contributed by atoms with Gasteiger partial charge in [-0.1, -0.05) is 0 Å². The smallest absolute Gasteiger partial charge is 0.251 e. The first-order chi connectivity index (χ1) is 10.9. The number of hydrogen-bond acceptors (Lipinski definition) is 3. The molecule has 0 spiro atoms. The van der Waals surface area contributed by atoms with Gasteiger partial charge < -0.3 is 15.4 Å². The summed E-state index contributed by atoms with van der Waals surface area (Å²) < 4.78 is 5.40. The summed E-state index contributed by atoms with van der Waals surface area (Å²) in [6.07, 6.45) is 3.42. The SMILES string of the molecule is COc1ccc(C(=O)NC2CCC(=O)NC2(C)C)cc1C1CC1. The second kappa shape index (κ2) is 5.87. The van der Waals surface area contributed by atoms with Crippen LogP contribution in [0.1, 0.15) is 61.4 Å². The van der Waals surface area contributed by atoms with Crippen LogP contribution in [0.15, 0.2) is 18.2 Å². The maximum atomic E-state index is 12.6. The first kappa shape index (κ1) is 15.8. The van der Waals surface area contributed by atoms with Gasteiger partial charge in [-0.15, -0.1) is 0 Å². The molecular weight excluding hydrogens is 292 g/mol. The zero-order valence-corrected chi connectivity index (χ0v) is 13.9. The van der Waals surface area contributed by atoms with Crippen LogP contribution in [0.25, 0.3) is 0 Å². The minimum Gasteiger partial charge on any atom is -0.496 e. The predicted molar refractivity (Wildman–Crippen MR) is 87.7 cm³/mol. The lowest BCUT2D eigenvalue weighted by Gasteiger charge is -2.39. The molecular formula is C18H24N2O3. The van der Waals surface area contributed by atoms with Crippen LogP contribution >= 0.6 is 0 Å². The molecule has 1 atom stereocenters. The van der Waals surface area contributed by atoms with E-state index < -0.39 is 5.54 Å². The molecule has 1 unspecified atom stereocenters. The fourth-order valence-corrected chi connectivity index (χ4v) is 3.23. The van der Waals surface area contributed by atoms with Crippen molar-refractivity contribution >= 4 is 11.8 Å². The van der Waals surface area contributed by atoms with E-state index in [-0.39, 0.29) is 17.9 Å². The molecule has 1 aromatic carbocycles. The molecule has 1 saturated heterocycles. The molecule has 1 aliphatic carbocycles. The second-order valence-corrected chi connectivity index (χ2v) is 7.07. The fraction of sp³-hybridized carbons (Fsp3) is 0.556. The molecule has 23 heavy (non-hydrogen) atoms. The van der Waals surface area contributed by atoms with E-state index in [0.717, 1.165) is 24.2 Å². The predicted octanol–water partition coefficient (Wildman–Crippen LogP) is 2.36. The van der Waals surface area contributed by atoms with Crippen molar-refractivity contribution in [1.82, 2.24) is 10.6 Å². The number of rotatable bonds is 4. The van der Waals surface area contributed by atoms with Gasteiger partial charge in [0.1, 0.15) is 5.75 Å². The Morgan fingerprint density at radius 1 is 1.30 bits per heavy atom. The van der Waals surface area contributed by atoms with E-state index in [0.29, 0.717) is 24.3 Å². The van der Waals surface area contributed by atoms with Gasteiger partial charge >= 0.3 is 0 Å². The quantitative estimate of drug-likeness (QED) is 0.896. The van der Waals surface area contributed by atoms with Gasteiger partial charge in [0.15, 0.2) is 0 Å². The zero-order chi connectivity index (χ0) is 16.6. The monoisotopic (exact) mass is 316 g/mol. The molecule has 124 valence electrons. The molecule has 1 heterocycles. The normalized spacial score (nSPS) is 23.1. The molecule has 3 rings (SSSR count). The molecule has 0 radical (unpaired) electrons. The van der Waals surface area contributed by atoms with Crippen molar-refractivity contribution in [2.45, 2.75) is 57.0 Å². The van der Waals surface area contributed by atoms with Crippen LogP contribution in [0.4, 0.5) is 0 Å². The molecule has 5 heteroatoms. The van der Waals surface area contributed by atoms with E-state index in [1.54, 1.807) is 13.2 Å². The van der Waals surface area contributed by atoms with Crippen molar-refractivity contribution in [3.63, 3.8) is 0 Å². The minimum atomic E-state index is -0.434. The van der Waals surface area contributed by atoms with E-state index in [1.165, 1.54) is 0 Å². The third-order valence-corrected chi connectivity index (χ3v) is 4.81. The van der Waals surface area contributed by atoms with E-state index in [4.69, 9.17) is 4.74 Å². The Labute approximate surface area is 136 Å². The van der Waals surface area contributed by atoms with Gasteiger partial charge in [0.2, 0.25) is 5.91 Å². The Kier molecular flexibility index (Phi) is 4.04. The third-order valence-electron chi connectivity index (χ3n) is 4.81. The molecule has 0 bridgehead atoms. The highest BCUT2D eigenvalue weighted by Gasteiger charge is 2.36. The van der Waals surface area contributed by atoms with E-state index in [9.17, 15) is 9.59 Å². The fourth-order valence-electron chi connectivity index (χ4n) is 3.23. The van der Waals surface area contributed by atoms with Crippen molar-refractivity contribution < 1.29 is 14.3 Å². The highest BCUT2D eigenvalue weighted by Crippen LogP contribution is 2.44. The highest BCUT2D eigenvalue weighted by molar-refractivity contribution is 5.95. The Balaban J connectivity index is 1.75. The van der Waals surface area contributed by atoms with Crippen LogP contribution in [0.2, 0.25) is 0 Å². The van der Waals surface area contributed by atoms with Crippen LogP contribution in [0.3, 0.4) is 0 Å². The van der Waals surface area contributed by atoms with Gasteiger partial charge in [-0.2, -0.15) is 0 Å². The summed E-state index contributed by atoms with van der Waals surface area (Å²) in [4.78, 5) is 24.2. The summed E-state index contributed by atoms with van der Waals surface area (Å²) in [5.41, 5.74) is 1.34. The van der Waals surface area contributed by atoms with Gasteiger partial charge in [-0.3, -0.25) is 9.59 Å². The van der Waals surface area contributed by atoms with Crippen LogP contribution in [-0.2, 0) is 4.79 Å². The largest absolute Gasteiger partial charge is 0.496 e. The number of benzene rings is 1. The second-order valence-electron chi connectivity index (χ2n) is 7.07. The maximum Gasteiger partial charge on any atom is 0.251 e. The van der Waals surface area contributed by atoms with E-state index in [2.05, 4.69) is 10.6 Å². The molecule has 1 aliphatic heterocycles. The number of piperidine rings is 1. The van der Waals surface area contributed by atoms with Crippen LogP contribution < -0.4 is 15.4 Å². The Hall–Kier alpha value is -2.04. The minimum absolute atomic E-state index is 0.0426. The zero-order valence-electron chi connectivity index (χ0n) is 13.9. The molecule has 2 aliphatic rings. The summed E-state index contributed by atoms with van der Waals surface area (Å²) in [6.45, 7) is 3.89. The number of hydrogen-bond donors (Lipinski definition) is 2. The number of ether oxygens (including phenoxy) is 1. The van der Waals surface area contributed by atoms with E-state index >= 15 is 0 Å². The topological polar surface area (TPSA) is 67.4 Å². The highest BCUT2D eigenvalue weighted by atomic mass is 16.5. The van der Waals surface area contributed by atoms with Gasteiger partial charge in [0.25, 0.3) is 5.91 Å². The van der Waals surface area contributed by atoms with Crippen molar-refractivity contribution in [3.8, 4) is 5.75 Å². The summed E-state index contributed by atoms with van der Waals surface area (Å²) in [5.74, 6) is 1.32. The molecule has 1 saturated carbocycles. The molecule has 2 amide bonds. The summed E-state index contributed by atoms with van der Waals surface area (Å²) in [6, 6.07) is 5.55. The van der Waals surface area contributed by atoms with Crippen molar-refractivity contribution in [2.75, 3.05) is 7.11 Å². The molecule has 5 nitrogen and oxygen atoms in total. The average Bonchev–Trinajstić information content (AvgIpc) is 3.33. The summed E-state index contributed by atoms with van der Waals surface area (Å²) >= 11 is 0. The van der Waals surface area contributed by atoms with E-state index in [1.807, 2.05) is 26.0 Å². The van der Waals surface area contributed by atoms with Crippen molar-refractivity contribution in [1.29, 1.82) is 0 Å². The molecule has 1 aromatic rings. The number of methoxy groups -OCH3 is 1. The first-order valence-electron chi connectivity index (χ1n) is 8.20. The lowest BCUT2D eigenvalue weighted by atomic mass is 9.86. The maximum absolute atomic E-state index is 12.6. The Morgan fingerprint density at radius 3 is 2.65 bits per heavy atom. The average molecular weight is 316 g/mol. The van der Waals surface area contributed by atoms with Gasteiger partial charge in [0, 0.05) is 12.0 Å². The lowest BCUT2D eigenvalue weighted by molar-refractivity contribution is -0.125. The van der Waals surface area contributed by atoms with Gasteiger partial charge in [0.05, 0.1) is 18.7 Å². The number of nitrogens with one attached hydrogen (secondary N) is 2. The molecule has 0 aromatic heterocycles. The Morgan fingerprint density at radius 2 is 2.04 bits per heavy atom. The Bertz CT molecular complexity index is 635. The van der Waals surface area contributed by atoms with Crippen LogP contribution in [-0.4, -0.2) is 30.5 Å².